The molecule has 1 heterocycles. The number of hydrogen-bond donors (Lipinski definition) is 2. The first-order valence-electron chi connectivity index (χ1n) is 9.04. The molecule has 0 aliphatic carbocycles. The first-order valence-corrected chi connectivity index (χ1v) is 10.1. The molecule has 1 saturated heterocycles. The van der Waals surface area contributed by atoms with E-state index in [4.69, 9.17) is 0 Å². The van der Waals surface area contributed by atoms with Crippen LogP contribution in [0.25, 0.3) is 0 Å². The van der Waals surface area contributed by atoms with Crippen molar-refractivity contribution in [3.63, 3.8) is 0 Å². The summed E-state index contributed by atoms with van der Waals surface area (Å²) in [5, 5.41) is 5.71. The average Bonchev–Trinajstić information content (AvgIpc) is 2.67. The van der Waals surface area contributed by atoms with Crippen molar-refractivity contribution in [3.8, 4) is 0 Å². The maximum absolute atomic E-state index is 12.9. The number of nitrogens with zero attached hydrogens (tertiary/aromatic N) is 2. The fourth-order valence-corrected chi connectivity index (χ4v) is 3.52. The molecule has 8 heteroatoms. The minimum atomic E-state index is -0.333. The molecule has 6 nitrogen and oxygen atoms in total. The second-order valence-corrected chi connectivity index (χ2v) is 7.80. The Morgan fingerprint density at radius 1 is 0.857 bits per heavy atom. The molecule has 0 saturated carbocycles. The van der Waals surface area contributed by atoms with Gasteiger partial charge < -0.3 is 10.6 Å². The summed E-state index contributed by atoms with van der Waals surface area (Å²) >= 11 is 2.20. The van der Waals surface area contributed by atoms with Gasteiger partial charge >= 0.3 is 0 Å². The minimum Gasteiger partial charge on any atom is -0.325 e. The van der Waals surface area contributed by atoms with Gasteiger partial charge in [-0.2, -0.15) is 0 Å². The van der Waals surface area contributed by atoms with Crippen molar-refractivity contribution in [2.45, 2.75) is 0 Å². The number of anilines is 2. The van der Waals surface area contributed by atoms with Gasteiger partial charge in [0.05, 0.1) is 18.8 Å². The topological polar surface area (TPSA) is 64.7 Å². The van der Waals surface area contributed by atoms with Crippen LogP contribution in [0, 0.1) is 9.39 Å². The summed E-state index contributed by atoms with van der Waals surface area (Å²) in [6, 6.07) is 13.4. The second-order valence-electron chi connectivity index (χ2n) is 6.64. The Hall–Kier alpha value is -2.04. The summed E-state index contributed by atoms with van der Waals surface area (Å²) in [4.78, 5) is 28.5. The van der Waals surface area contributed by atoms with E-state index in [9.17, 15) is 14.0 Å². The van der Waals surface area contributed by atoms with Crippen LogP contribution >= 0.6 is 22.6 Å². The molecule has 28 heavy (non-hydrogen) atoms. The SMILES string of the molecule is O=C(CN1CCN(CC(=O)Nc2ccccc2I)CC1)Nc1ccc(F)cc1. The number of benzene rings is 2. The van der Waals surface area contributed by atoms with Gasteiger partial charge in [-0.1, -0.05) is 12.1 Å². The number of hydrogen-bond acceptors (Lipinski definition) is 4. The van der Waals surface area contributed by atoms with E-state index in [0.717, 1.165) is 22.3 Å². The molecule has 148 valence electrons. The van der Waals surface area contributed by atoms with Gasteiger partial charge in [0.1, 0.15) is 5.82 Å². The molecule has 0 spiro atoms. The Morgan fingerprint density at radius 2 is 1.39 bits per heavy atom. The summed E-state index contributed by atoms with van der Waals surface area (Å²) in [5.41, 5.74) is 1.40. The number of amides is 2. The lowest BCUT2D eigenvalue weighted by molar-refractivity contribution is -0.120. The molecule has 0 aromatic heterocycles. The largest absolute Gasteiger partial charge is 0.325 e. The maximum atomic E-state index is 12.9. The van der Waals surface area contributed by atoms with Crippen LogP contribution in [0.3, 0.4) is 0 Å². The predicted molar refractivity (Wildman–Crippen MR) is 116 cm³/mol. The van der Waals surface area contributed by atoms with Crippen molar-refractivity contribution in [2.75, 3.05) is 49.9 Å². The van der Waals surface area contributed by atoms with E-state index >= 15 is 0 Å². The molecule has 1 aliphatic rings. The molecule has 0 bridgehead atoms. The van der Waals surface area contributed by atoms with E-state index in [1.807, 2.05) is 29.2 Å². The first-order chi connectivity index (χ1) is 13.5. The van der Waals surface area contributed by atoms with Crippen LogP contribution < -0.4 is 10.6 Å². The van der Waals surface area contributed by atoms with E-state index in [1.165, 1.54) is 24.3 Å². The van der Waals surface area contributed by atoms with Gasteiger partial charge in [0.15, 0.2) is 0 Å². The summed E-state index contributed by atoms with van der Waals surface area (Å²) in [6.45, 7) is 3.49. The smallest absolute Gasteiger partial charge is 0.238 e. The predicted octanol–water partition coefficient (Wildman–Crippen LogP) is 2.63. The van der Waals surface area contributed by atoms with Crippen LogP contribution in [-0.2, 0) is 9.59 Å². The van der Waals surface area contributed by atoms with Gasteiger partial charge in [-0.05, 0) is 59.0 Å². The third-order valence-corrected chi connectivity index (χ3v) is 5.42. The molecule has 0 radical (unpaired) electrons. The summed E-state index contributed by atoms with van der Waals surface area (Å²) in [5.74, 6) is -0.497. The Balaban J connectivity index is 1.39. The Labute approximate surface area is 177 Å². The molecule has 1 aliphatic heterocycles. The zero-order valence-electron chi connectivity index (χ0n) is 15.3. The van der Waals surface area contributed by atoms with E-state index in [2.05, 4.69) is 38.1 Å². The highest BCUT2D eigenvalue weighted by Gasteiger charge is 2.21. The summed E-state index contributed by atoms with van der Waals surface area (Å²) < 4.78 is 13.9. The Kier molecular flexibility index (Phi) is 7.35. The van der Waals surface area contributed by atoms with Crippen molar-refractivity contribution in [2.24, 2.45) is 0 Å². The van der Waals surface area contributed by atoms with Gasteiger partial charge in [0.2, 0.25) is 11.8 Å². The Bertz CT molecular complexity index is 823. The van der Waals surface area contributed by atoms with Gasteiger partial charge in [-0.15, -0.1) is 0 Å². The third-order valence-electron chi connectivity index (χ3n) is 4.48. The molecular weight excluding hydrogens is 474 g/mol. The monoisotopic (exact) mass is 496 g/mol. The maximum Gasteiger partial charge on any atom is 0.238 e. The van der Waals surface area contributed by atoms with Gasteiger partial charge in [-0.3, -0.25) is 19.4 Å². The number of carbonyl (C=O) groups excluding carboxylic acids is 2. The van der Waals surface area contributed by atoms with Crippen molar-refractivity contribution in [1.29, 1.82) is 0 Å². The number of halogens is 2. The van der Waals surface area contributed by atoms with Crippen LogP contribution in [0.15, 0.2) is 48.5 Å². The zero-order chi connectivity index (χ0) is 19.9. The van der Waals surface area contributed by atoms with E-state index in [-0.39, 0.29) is 24.2 Å². The molecule has 2 aromatic rings. The number of piperazine rings is 1. The van der Waals surface area contributed by atoms with E-state index in [1.54, 1.807) is 0 Å². The van der Waals surface area contributed by atoms with Gasteiger partial charge in [0, 0.05) is 35.4 Å². The van der Waals surface area contributed by atoms with E-state index < -0.39 is 0 Å². The van der Waals surface area contributed by atoms with E-state index in [0.29, 0.717) is 25.3 Å². The van der Waals surface area contributed by atoms with Gasteiger partial charge in [0.25, 0.3) is 0 Å². The average molecular weight is 496 g/mol. The lowest BCUT2D eigenvalue weighted by Gasteiger charge is -2.33. The standard InChI is InChI=1S/C20H22FIN4O2/c21-15-5-7-16(8-6-15)23-19(27)13-25-9-11-26(12-10-25)14-20(28)24-18-4-2-1-3-17(18)22/h1-8H,9-14H2,(H,23,27)(H,24,28). The highest BCUT2D eigenvalue weighted by molar-refractivity contribution is 14.1. The molecule has 1 fully saturated rings. The number of para-hydroxylation sites is 1. The fraction of sp³-hybridized carbons (Fsp3) is 0.300. The molecule has 0 atom stereocenters. The fourth-order valence-electron chi connectivity index (χ4n) is 3.00. The number of nitrogens with one attached hydrogen (secondary N) is 2. The van der Waals surface area contributed by atoms with Crippen molar-refractivity contribution < 1.29 is 14.0 Å². The molecule has 2 aromatic carbocycles. The summed E-state index contributed by atoms with van der Waals surface area (Å²) in [6.07, 6.45) is 0. The zero-order valence-corrected chi connectivity index (χ0v) is 17.5. The second kappa shape index (κ2) is 9.94. The van der Waals surface area contributed by atoms with Crippen molar-refractivity contribution in [1.82, 2.24) is 9.80 Å². The minimum absolute atomic E-state index is 0.0355. The highest BCUT2D eigenvalue weighted by Crippen LogP contribution is 2.17. The van der Waals surface area contributed by atoms with Crippen LogP contribution in [0.5, 0.6) is 0 Å². The Morgan fingerprint density at radius 3 is 1.96 bits per heavy atom. The van der Waals surface area contributed by atoms with Crippen LogP contribution in [-0.4, -0.2) is 60.9 Å². The molecule has 3 rings (SSSR count). The van der Waals surface area contributed by atoms with Crippen molar-refractivity contribution in [3.05, 3.63) is 57.9 Å². The van der Waals surface area contributed by atoms with Crippen LogP contribution in [0.4, 0.5) is 15.8 Å². The summed E-state index contributed by atoms with van der Waals surface area (Å²) in [7, 11) is 0. The van der Waals surface area contributed by atoms with Gasteiger partial charge in [-0.25, -0.2) is 4.39 Å². The lowest BCUT2D eigenvalue weighted by atomic mass is 10.2. The van der Waals surface area contributed by atoms with Crippen LogP contribution in [0.1, 0.15) is 0 Å². The lowest BCUT2D eigenvalue weighted by Crippen LogP contribution is -2.50. The number of rotatable bonds is 6. The quantitative estimate of drug-likeness (QED) is 0.604. The van der Waals surface area contributed by atoms with Crippen LogP contribution in [0.2, 0.25) is 0 Å². The van der Waals surface area contributed by atoms with Crippen molar-refractivity contribution >= 4 is 45.8 Å². The first kappa shape index (κ1) is 20.7. The molecule has 2 N–H and O–H groups in total. The number of carbonyl (C=O) groups is 2. The molecule has 2 amide bonds. The molecular formula is C20H22FIN4O2. The normalized spacial score (nSPS) is 15.2. The molecule has 0 unspecified atom stereocenters. The highest BCUT2D eigenvalue weighted by atomic mass is 127. The third kappa shape index (κ3) is 6.25.